The smallest absolute Gasteiger partial charge is 0.276 e. The van der Waals surface area contributed by atoms with Crippen molar-refractivity contribution in [3.63, 3.8) is 0 Å². The van der Waals surface area contributed by atoms with Crippen LogP contribution in [0.3, 0.4) is 0 Å². The van der Waals surface area contributed by atoms with E-state index >= 15 is 0 Å². The van der Waals surface area contributed by atoms with E-state index in [0.717, 1.165) is 30.0 Å². The number of carbonyl (C=O) groups is 1. The van der Waals surface area contributed by atoms with E-state index in [1.165, 1.54) is 5.56 Å². The lowest BCUT2D eigenvalue weighted by Crippen LogP contribution is -2.18. The van der Waals surface area contributed by atoms with Crippen LogP contribution in [0.25, 0.3) is 0 Å². The maximum atomic E-state index is 12.4. The second-order valence-corrected chi connectivity index (χ2v) is 6.63. The zero-order valence-corrected chi connectivity index (χ0v) is 15.0. The Morgan fingerprint density at radius 2 is 1.96 bits per heavy atom. The summed E-state index contributed by atoms with van der Waals surface area (Å²) in [7, 11) is 0. The standard InChI is InChI=1S/C20H17ClN4O/c1-13-6-7-15(12-16(13)21)22-20(26)17-8-9-19(24-23-17)25-11-10-14-4-2-3-5-18(14)25/h2-9,12H,10-11H2,1H3,(H,22,26). The molecule has 1 aromatic heterocycles. The second-order valence-electron chi connectivity index (χ2n) is 6.23. The van der Waals surface area contributed by atoms with Gasteiger partial charge >= 0.3 is 0 Å². The van der Waals surface area contributed by atoms with Crippen LogP contribution in [-0.2, 0) is 6.42 Å². The molecule has 2 heterocycles. The van der Waals surface area contributed by atoms with E-state index in [2.05, 4.69) is 32.5 Å². The Balaban J connectivity index is 1.51. The number of aromatic nitrogens is 2. The number of hydrogen-bond acceptors (Lipinski definition) is 4. The summed E-state index contributed by atoms with van der Waals surface area (Å²) in [6.07, 6.45) is 0.980. The van der Waals surface area contributed by atoms with Gasteiger partial charge in [-0.2, -0.15) is 0 Å². The molecule has 1 N–H and O–H groups in total. The van der Waals surface area contributed by atoms with Crippen LogP contribution in [0, 0.1) is 6.92 Å². The third kappa shape index (κ3) is 3.13. The summed E-state index contributed by atoms with van der Waals surface area (Å²) in [5.41, 5.74) is 4.29. The molecule has 1 aliphatic heterocycles. The Morgan fingerprint density at radius 3 is 2.73 bits per heavy atom. The van der Waals surface area contributed by atoms with Gasteiger partial charge in [0.05, 0.1) is 0 Å². The molecule has 5 nitrogen and oxygen atoms in total. The molecule has 3 aromatic rings. The Hall–Kier alpha value is -2.92. The lowest BCUT2D eigenvalue weighted by molar-refractivity contribution is 0.102. The maximum absolute atomic E-state index is 12.4. The highest BCUT2D eigenvalue weighted by Crippen LogP contribution is 2.32. The van der Waals surface area contributed by atoms with Crippen LogP contribution in [0.1, 0.15) is 21.6 Å². The summed E-state index contributed by atoms with van der Waals surface area (Å²) in [4.78, 5) is 14.5. The topological polar surface area (TPSA) is 58.1 Å². The summed E-state index contributed by atoms with van der Waals surface area (Å²) in [6.45, 7) is 2.77. The van der Waals surface area contributed by atoms with Gasteiger partial charge in [0.15, 0.2) is 11.5 Å². The van der Waals surface area contributed by atoms with E-state index < -0.39 is 0 Å². The molecule has 0 unspecified atom stereocenters. The minimum atomic E-state index is -0.314. The molecule has 0 aliphatic carbocycles. The third-order valence-electron chi connectivity index (χ3n) is 4.48. The van der Waals surface area contributed by atoms with Gasteiger partial charge in [-0.3, -0.25) is 4.79 Å². The first-order chi connectivity index (χ1) is 12.6. The Kier molecular flexibility index (Phi) is 4.31. The minimum Gasteiger partial charge on any atom is -0.324 e. The van der Waals surface area contributed by atoms with E-state index in [1.54, 1.807) is 12.1 Å². The van der Waals surface area contributed by atoms with Crippen LogP contribution in [0.2, 0.25) is 5.02 Å². The molecular formula is C20H17ClN4O. The van der Waals surface area contributed by atoms with Crippen LogP contribution in [0.15, 0.2) is 54.6 Å². The van der Waals surface area contributed by atoms with Crippen LogP contribution < -0.4 is 10.2 Å². The SMILES string of the molecule is Cc1ccc(NC(=O)c2ccc(N3CCc4ccccc43)nn2)cc1Cl. The van der Waals surface area contributed by atoms with E-state index in [0.29, 0.717) is 10.7 Å². The van der Waals surface area contributed by atoms with Crippen molar-refractivity contribution < 1.29 is 4.79 Å². The van der Waals surface area contributed by atoms with Crippen LogP contribution in [0.5, 0.6) is 0 Å². The number of benzene rings is 2. The Morgan fingerprint density at radius 1 is 1.12 bits per heavy atom. The molecule has 0 saturated carbocycles. The summed E-state index contributed by atoms with van der Waals surface area (Å²) < 4.78 is 0. The molecule has 26 heavy (non-hydrogen) atoms. The van der Waals surface area contributed by atoms with Gasteiger partial charge in [0.1, 0.15) is 0 Å². The van der Waals surface area contributed by atoms with Gasteiger partial charge in [0.25, 0.3) is 5.91 Å². The number of rotatable bonds is 3. The van der Waals surface area contributed by atoms with Crippen LogP contribution in [-0.4, -0.2) is 22.6 Å². The molecule has 0 bridgehead atoms. The predicted molar refractivity (Wildman–Crippen MR) is 103 cm³/mol. The third-order valence-corrected chi connectivity index (χ3v) is 4.88. The molecule has 1 aliphatic rings. The normalized spacial score (nSPS) is 12.8. The van der Waals surface area contributed by atoms with Gasteiger partial charge in [-0.15, -0.1) is 10.2 Å². The molecule has 4 rings (SSSR count). The highest BCUT2D eigenvalue weighted by atomic mass is 35.5. The molecule has 1 amide bonds. The number of nitrogens with one attached hydrogen (secondary N) is 1. The number of anilines is 3. The first-order valence-electron chi connectivity index (χ1n) is 8.38. The Labute approximate surface area is 156 Å². The maximum Gasteiger partial charge on any atom is 0.276 e. The molecule has 6 heteroatoms. The molecule has 0 atom stereocenters. The molecule has 0 radical (unpaired) electrons. The van der Waals surface area contributed by atoms with E-state index in [-0.39, 0.29) is 11.6 Å². The number of aryl methyl sites for hydroxylation is 1. The number of nitrogens with zero attached hydrogens (tertiary/aromatic N) is 3. The zero-order valence-electron chi connectivity index (χ0n) is 14.2. The fraction of sp³-hybridized carbons (Fsp3) is 0.150. The zero-order chi connectivity index (χ0) is 18.1. The highest BCUT2D eigenvalue weighted by Gasteiger charge is 2.21. The monoisotopic (exact) mass is 364 g/mol. The fourth-order valence-electron chi connectivity index (χ4n) is 3.03. The quantitative estimate of drug-likeness (QED) is 0.749. The first-order valence-corrected chi connectivity index (χ1v) is 8.76. The van der Waals surface area contributed by atoms with E-state index in [9.17, 15) is 4.79 Å². The largest absolute Gasteiger partial charge is 0.324 e. The summed E-state index contributed by atoms with van der Waals surface area (Å²) in [5, 5.41) is 11.7. The van der Waals surface area contributed by atoms with Crippen LogP contribution >= 0.6 is 11.6 Å². The molecule has 0 fully saturated rings. The molecular weight excluding hydrogens is 348 g/mol. The molecule has 0 saturated heterocycles. The van der Waals surface area contributed by atoms with Gasteiger partial charge in [0, 0.05) is 22.9 Å². The number of fused-ring (bicyclic) bond motifs is 1. The van der Waals surface area contributed by atoms with Crippen molar-refractivity contribution in [2.75, 3.05) is 16.8 Å². The van der Waals surface area contributed by atoms with Gasteiger partial charge in [-0.25, -0.2) is 0 Å². The van der Waals surface area contributed by atoms with Gasteiger partial charge in [-0.05, 0) is 54.8 Å². The number of halogens is 1. The first kappa shape index (κ1) is 16.5. The van der Waals surface area contributed by atoms with Gasteiger partial charge < -0.3 is 10.2 Å². The Bertz CT molecular complexity index is 972. The lowest BCUT2D eigenvalue weighted by Gasteiger charge is -2.17. The number of hydrogen-bond donors (Lipinski definition) is 1. The van der Waals surface area contributed by atoms with E-state index in [4.69, 9.17) is 11.6 Å². The van der Waals surface area contributed by atoms with Gasteiger partial charge in [0.2, 0.25) is 0 Å². The van der Waals surface area contributed by atoms with Crippen molar-refractivity contribution >= 4 is 34.7 Å². The van der Waals surface area contributed by atoms with Crippen molar-refractivity contribution in [2.45, 2.75) is 13.3 Å². The second kappa shape index (κ2) is 6.77. The predicted octanol–water partition coefficient (Wildman–Crippen LogP) is 4.38. The summed E-state index contributed by atoms with van der Waals surface area (Å²) in [6, 6.07) is 17.2. The van der Waals surface area contributed by atoms with Gasteiger partial charge in [-0.1, -0.05) is 35.9 Å². The van der Waals surface area contributed by atoms with E-state index in [1.807, 2.05) is 37.3 Å². The van der Waals surface area contributed by atoms with Crippen molar-refractivity contribution in [1.82, 2.24) is 10.2 Å². The molecule has 2 aromatic carbocycles. The summed E-state index contributed by atoms with van der Waals surface area (Å²) in [5.74, 6) is 0.427. The highest BCUT2D eigenvalue weighted by molar-refractivity contribution is 6.31. The van der Waals surface area contributed by atoms with Crippen molar-refractivity contribution in [3.05, 3.63) is 76.4 Å². The average molecular weight is 365 g/mol. The number of para-hydroxylation sites is 1. The number of amides is 1. The van der Waals surface area contributed by atoms with Crippen molar-refractivity contribution in [3.8, 4) is 0 Å². The summed E-state index contributed by atoms with van der Waals surface area (Å²) >= 11 is 6.09. The van der Waals surface area contributed by atoms with Crippen LogP contribution in [0.4, 0.5) is 17.2 Å². The average Bonchev–Trinajstić information content (AvgIpc) is 3.09. The lowest BCUT2D eigenvalue weighted by atomic mass is 10.2. The molecule has 0 spiro atoms. The minimum absolute atomic E-state index is 0.262. The van der Waals surface area contributed by atoms with Crippen molar-refractivity contribution in [2.24, 2.45) is 0 Å². The fourth-order valence-corrected chi connectivity index (χ4v) is 3.21. The molecule has 130 valence electrons. The van der Waals surface area contributed by atoms with Crippen molar-refractivity contribution in [1.29, 1.82) is 0 Å². The number of carbonyl (C=O) groups excluding carboxylic acids is 1.